The molecule has 108 valence electrons. The van der Waals surface area contributed by atoms with Gasteiger partial charge in [0.05, 0.1) is 18.1 Å². The Kier molecular flexibility index (Phi) is 4.86. The number of hydrogen-bond donors (Lipinski definition) is 1. The van der Waals surface area contributed by atoms with Gasteiger partial charge in [-0.25, -0.2) is 0 Å². The monoisotopic (exact) mass is 273 g/mol. The van der Waals surface area contributed by atoms with Crippen LogP contribution in [0.5, 0.6) is 5.75 Å². The molecule has 20 heavy (non-hydrogen) atoms. The molecule has 0 aromatic heterocycles. The Morgan fingerprint density at radius 2 is 1.90 bits per heavy atom. The van der Waals surface area contributed by atoms with Crippen molar-refractivity contribution in [2.24, 2.45) is 5.41 Å². The molecule has 4 heteroatoms. The quantitative estimate of drug-likeness (QED) is 0.895. The van der Waals surface area contributed by atoms with E-state index in [9.17, 15) is 0 Å². The molecule has 1 heterocycles. The molecular weight excluding hydrogens is 250 g/mol. The van der Waals surface area contributed by atoms with Crippen molar-refractivity contribution in [3.63, 3.8) is 0 Å². The Bertz CT molecular complexity index is 456. The minimum atomic E-state index is -0.319. The number of nitrogens with one attached hydrogen (secondary N) is 1. The van der Waals surface area contributed by atoms with E-state index < -0.39 is 0 Å². The fraction of sp³-hybridized carbons (Fsp3) is 0.562. The van der Waals surface area contributed by atoms with Crippen molar-refractivity contribution >= 4 is 5.69 Å². The number of ether oxygens (including phenoxy) is 1. The number of benzene rings is 1. The fourth-order valence-electron chi connectivity index (χ4n) is 2.16. The Morgan fingerprint density at radius 3 is 2.50 bits per heavy atom. The van der Waals surface area contributed by atoms with Gasteiger partial charge in [0.2, 0.25) is 0 Å². The molecule has 2 rings (SSSR count). The van der Waals surface area contributed by atoms with Gasteiger partial charge < -0.3 is 15.0 Å². The van der Waals surface area contributed by atoms with Crippen LogP contribution in [-0.4, -0.2) is 32.8 Å². The largest absolute Gasteiger partial charge is 0.494 e. The highest BCUT2D eigenvalue weighted by molar-refractivity contribution is 5.49. The number of hydrogen-bond acceptors (Lipinski definition) is 4. The number of piperazine rings is 1. The topological polar surface area (TPSA) is 48.3 Å². The molecule has 4 nitrogen and oxygen atoms in total. The van der Waals surface area contributed by atoms with Crippen LogP contribution < -0.4 is 15.0 Å². The highest BCUT2D eigenvalue weighted by atomic mass is 16.5. The Hall–Kier alpha value is -1.73. The molecule has 1 fully saturated rings. The first-order valence-corrected chi connectivity index (χ1v) is 7.20. The van der Waals surface area contributed by atoms with E-state index in [0.29, 0.717) is 6.61 Å². The van der Waals surface area contributed by atoms with E-state index in [1.807, 2.05) is 26.0 Å². The molecule has 0 atom stereocenters. The predicted molar refractivity (Wildman–Crippen MR) is 81.0 cm³/mol. The van der Waals surface area contributed by atoms with Crippen LogP contribution in [0.4, 0.5) is 5.69 Å². The van der Waals surface area contributed by atoms with Crippen molar-refractivity contribution in [2.45, 2.75) is 20.3 Å². The van der Waals surface area contributed by atoms with E-state index in [0.717, 1.165) is 38.3 Å². The van der Waals surface area contributed by atoms with Crippen molar-refractivity contribution in [1.29, 1.82) is 5.26 Å². The van der Waals surface area contributed by atoms with Gasteiger partial charge in [-0.3, -0.25) is 0 Å². The average molecular weight is 273 g/mol. The third kappa shape index (κ3) is 4.14. The summed E-state index contributed by atoms with van der Waals surface area (Å²) in [6.45, 7) is 8.64. The Labute approximate surface area is 121 Å². The van der Waals surface area contributed by atoms with Gasteiger partial charge in [0, 0.05) is 31.9 Å². The van der Waals surface area contributed by atoms with Crippen LogP contribution in [0, 0.1) is 16.7 Å². The maximum Gasteiger partial charge on any atom is 0.119 e. The lowest BCUT2D eigenvalue weighted by molar-refractivity contribution is 0.264. The van der Waals surface area contributed by atoms with Crippen LogP contribution in [0.15, 0.2) is 24.3 Å². The summed E-state index contributed by atoms with van der Waals surface area (Å²) in [6, 6.07) is 10.5. The lowest BCUT2D eigenvalue weighted by Gasteiger charge is -2.29. The van der Waals surface area contributed by atoms with Gasteiger partial charge >= 0.3 is 0 Å². The maximum absolute atomic E-state index is 8.96. The lowest BCUT2D eigenvalue weighted by Crippen LogP contribution is -2.43. The molecule has 0 unspecified atom stereocenters. The van der Waals surface area contributed by atoms with Crippen LogP contribution in [-0.2, 0) is 0 Å². The number of anilines is 1. The van der Waals surface area contributed by atoms with Crippen molar-refractivity contribution in [2.75, 3.05) is 37.7 Å². The van der Waals surface area contributed by atoms with Crippen LogP contribution in [0.2, 0.25) is 0 Å². The summed E-state index contributed by atoms with van der Waals surface area (Å²) >= 11 is 0. The smallest absolute Gasteiger partial charge is 0.119 e. The number of rotatable bonds is 5. The second-order valence-corrected chi connectivity index (χ2v) is 5.83. The summed E-state index contributed by atoms with van der Waals surface area (Å²) in [5.41, 5.74) is 0.928. The molecule has 1 aromatic carbocycles. The molecule has 0 spiro atoms. The van der Waals surface area contributed by atoms with Gasteiger partial charge in [0.15, 0.2) is 0 Å². The fourth-order valence-corrected chi connectivity index (χ4v) is 2.16. The van der Waals surface area contributed by atoms with Crippen molar-refractivity contribution < 1.29 is 4.74 Å². The van der Waals surface area contributed by atoms with E-state index in [2.05, 4.69) is 28.4 Å². The van der Waals surface area contributed by atoms with Gasteiger partial charge in [-0.05, 0) is 44.5 Å². The van der Waals surface area contributed by atoms with Gasteiger partial charge in [0.25, 0.3) is 0 Å². The molecular formula is C16H23N3O. The highest BCUT2D eigenvalue weighted by Gasteiger charge is 2.16. The minimum Gasteiger partial charge on any atom is -0.494 e. The van der Waals surface area contributed by atoms with Gasteiger partial charge in [-0.15, -0.1) is 0 Å². The number of nitrogens with zero attached hydrogens (tertiary/aromatic N) is 2. The molecule has 0 amide bonds. The van der Waals surface area contributed by atoms with Gasteiger partial charge in [-0.1, -0.05) is 0 Å². The van der Waals surface area contributed by atoms with E-state index in [1.165, 1.54) is 5.69 Å². The second-order valence-electron chi connectivity index (χ2n) is 5.83. The summed E-state index contributed by atoms with van der Waals surface area (Å²) in [4.78, 5) is 2.37. The van der Waals surface area contributed by atoms with Gasteiger partial charge in [0.1, 0.15) is 5.75 Å². The zero-order chi connectivity index (χ0) is 14.4. The number of nitriles is 1. The first-order chi connectivity index (χ1) is 9.61. The van der Waals surface area contributed by atoms with Crippen molar-refractivity contribution in [3.05, 3.63) is 24.3 Å². The van der Waals surface area contributed by atoms with Crippen molar-refractivity contribution in [3.8, 4) is 11.8 Å². The summed E-state index contributed by atoms with van der Waals surface area (Å²) in [5, 5.41) is 12.3. The molecule has 1 aromatic rings. The summed E-state index contributed by atoms with van der Waals surface area (Å²) in [6.07, 6.45) is 0.739. The standard InChI is InChI=1S/C16H23N3O/c1-16(2,13-17)7-12-20-15-5-3-14(4-6-15)19-10-8-18-9-11-19/h3-6,18H,7-12H2,1-2H3. The second kappa shape index (κ2) is 6.62. The first-order valence-electron chi connectivity index (χ1n) is 7.20. The first kappa shape index (κ1) is 14.7. The van der Waals surface area contributed by atoms with E-state index in [-0.39, 0.29) is 5.41 Å². The van der Waals surface area contributed by atoms with Crippen LogP contribution in [0.3, 0.4) is 0 Å². The third-order valence-corrected chi connectivity index (χ3v) is 3.62. The SMILES string of the molecule is CC(C)(C#N)CCOc1ccc(N2CCNCC2)cc1. The Balaban J connectivity index is 1.84. The Morgan fingerprint density at radius 1 is 1.25 bits per heavy atom. The summed E-state index contributed by atoms with van der Waals surface area (Å²) < 4.78 is 5.70. The zero-order valence-electron chi connectivity index (χ0n) is 12.4. The normalized spacial score (nSPS) is 15.8. The maximum atomic E-state index is 8.96. The van der Waals surface area contributed by atoms with Gasteiger partial charge in [-0.2, -0.15) is 5.26 Å². The molecule has 1 saturated heterocycles. The molecule has 0 bridgehead atoms. The van der Waals surface area contributed by atoms with Crippen molar-refractivity contribution in [1.82, 2.24) is 5.32 Å². The predicted octanol–water partition coefficient (Wildman–Crippen LogP) is 2.41. The minimum absolute atomic E-state index is 0.319. The third-order valence-electron chi connectivity index (χ3n) is 3.62. The molecule has 1 N–H and O–H groups in total. The molecule has 0 aliphatic carbocycles. The van der Waals surface area contributed by atoms with E-state index in [1.54, 1.807) is 0 Å². The lowest BCUT2D eigenvalue weighted by atomic mass is 9.92. The zero-order valence-corrected chi connectivity index (χ0v) is 12.4. The molecule has 0 radical (unpaired) electrons. The molecule has 1 aliphatic rings. The van der Waals surface area contributed by atoms with Crippen LogP contribution >= 0.6 is 0 Å². The van der Waals surface area contributed by atoms with Crippen LogP contribution in [0.25, 0.3) is 0 Å². The molecule has 0 saturated carbocycles. The average Bonchev–Trinajstić information content (AvgIpc) is 2.49. The van der Waals surface area contributed by atoms with Crippen LogP contribution in [0.1, 0.15) is 20.3 Å². The molecule has 1 aliphatic heterocycles. The highest BCUT2D eigenvalue weighted by Crippen LogP contribution is 2.22. The van der Waals surface area contributed by atoms with E-state index >= 15 is 0 Å². The van der Waals surface area contributed by atoms with E-state index in [4.69, 9.17) is 10.00 Å². The summed E-state index contributed by atoms with van der Waals surface area (Å²) in [5.74, 6) is 0.873. The summed E-state index contributed by atoms with van der Waals surface area (Å²) in [7, 11) is 0.